The lowest BCUT2D eigenvalue weighted by molar-refractivity contribution is -0.117. The predicted molar refractivity (Wildman–Crippen MR) is 103 cm³/mol. The summed E-state index contributed by atoms with van der Waals surface area (Å²) >= 11 is 2.38. The van der Waals surface area contributed by atoms with Gasteiger partial charge in [-0.3, -0.25) is 9.59 Å². The predicted octanol–water partition coefficient (Wildman–Crippen LogP) is 4.40. The molecule has 0 aliphatic heterocycles. The molecule has 0 saturated heterocycles. The number of amides is 1. The number of allylic oxidation sites excluding steroid dienone is 1. The lowest BCUT2D eigenvalue weighted by atomic mass is 9.93. The van der Waals surface area contributed by atoms with Crippen LogP contribution in [0, 0.1) is 5.92 Å². The second kappa shape index (κ2) is 8.08. The molecule has 0 spiro atoms. The largest absolute Gasteiger partial charge is 0.352 e. The Morgan fingerprint density at radius 1 is 1.22 bits per heavy atom. The summed E-state index contributed by atoms with van der Waals surface area (Å²) in [4.78, 5) is 25.4. The number of alkyl halides is 1. The number of Topliss-reactive ketones (excluding diaryl/α,β-unsaturated/α-hetero) is 1. The quantitative estimate of drug-likeness (QED) is 0.305. The highest BCUT2D eigenvalue weighted by Gasteiger charge is 2.37. The second-order valence-electron chi connectivity index (χ2n) is 6.06. The molecule has 1 aromatic rings. The van der Waals surface area contributed by atoms with Gasteiger partial charge in [0.15, 0.2) is 5.78 Å². The van der Waals surface area contributed by atoms with Crippen molar-refractivity contribution in [2.45, 2.75) is 44.0 Å². The molecule has 0 fully saturated rings. The highest BCUT2D eigenvalue weighted by atomic mass is 127. The Bertz CT molecular complexity index is 636. The second-order valence-corrected chi connectivity index (χ2v) is 7.40. The van der Waals surface area contributed by atoms with Crippen LogP contribution in [0.25, 0.3) is 5.57 Å². The van der Waals surface area contributed by atoms with Crippen molar-refractivity contribution in [1.82, 2.24) is 5.32 Å². The monoisotopic (exact) mass is 425 g/mol. The van der Waals surface area contributed by atoms with Crippen molar-refractivity contribution in [2.75, 3.05) is 6.54 Å². The molecule has 124 valence electrons. The molecule has 1 aromatic carbocycles. The Balaban J connectivity index is 2.44. The van der Waals surface area contributed by atoms with E-state index in [1.54, 1.807) is 0 Å². The molecule has 2 atom stereocenters. The van der Waals surface area contributed by atoms with Gasteiger partial charge in [0.1, 0.15) is 0 Å². The van der Waals surface area contributed by atoms with E-state index in [1.165, 1.54) is 0 Å². The van der Waals surface area contributed by atoms with Crippen molar-refractivity contribution in [3.63, 3.8) is 0 Å². The van der Waals surface area contributed by atoms with Gasteiger partial charge >= 0.3 is 0 Å². The molecule has 1 N–H and O–H groups in total. The fourth-order valence-electron chi connectivity index (χ4n) is 2.78. The molecule has 1 amide bonds. The number of carbonyl (C=O) groups is 2. The highest BCUT2D eigenvalue weighted by molar-refractivity contribution is 14.1. The molecular formula is C19H24INO2. The third-order valence-electron chi connectivity index (χ3n) is 4.42. The summed E-state index contributed by atoms with van der Waals surface area (Å²) in [5.41, 5.74) is 2.85. The molecule has 2 rings (SSSR count). The first-order valence-electron chi connectivity index (χ1n) is 8.33. The number of ketones is 1. The zero-order chi connectivity index (χ0) is 17.0. The summed E-state index contributed by atoms with van der Waals surface area (Å²) in [6.07, 6.45) is 2.95. The summed E-state index contributed by atoms with van der Waals surface area (Å²) in [6, 6.07) is 7.58. The zero-order valence-corrected chi connectivity index (χ0v) is 16.1. The molecule has 0 heterocycles. The number of benzene rings is 1. The summed E-state index contributed by atoms with van der Waals surface area (Å²) in [5, 5.41) is 2.91. The van der Waals surface area contributed by atoms with Crippen LogP contribution in [-0.4, -0.2) is 22.2 Å². The van der Waals surface area contributed by atoms with Crippen LogP contribution in [0.4, 0.5) is 0 Å². The van der Waals surface area contributed by atoms with Gasteiger partial charge in [-0.05, 0) is 23.5 Å². The Morgan fingerprint density at radius 3 is 2.48 bits per heavy atom. The third-order valence-corrected chi connectivity index (χ3v) is 6.27. The van der Waals surface area contributed by atoms with Crippen molar-refractivity contribution < 1.29 is 9.59 Å². The number of fused-ring (bicyclic) bond motifs is 1. The van der Waals surface area contributed by atoms with Crippen molar-refractivity contribution in [2.24, 2.45) is 5.92 Å². The van der Waals surface area contributed by atoms with E-state index in [1.807, 2.05) is 24.3 Å². The molecule has 0 bridgehead atoms. The van der Waals surface area contributed by atoms with E-state index in [0.717, 1.165) is 30.4 Å². The Hall–Kier alpha value is -1.17. The fourth-order valence-corrected chi connectivity index (χ4v) is 3.93. The van der Waals surface area contributed by atoms with Crippen LogP contribution in [0.5, 0.6) is 0 Å². The Labute approximate surface area is 152 Å². The van der Waals surface area contributed by atoms with Crippen molar-refractivity contribution in [1.29, 1.82) is 0 Å². The summed E-state index contributed by atoms with van der Waals surface area (Å²) < 4.78 is 0.150. The smallest absolute Gasteiger partial charge is 0.255 e. The topological polar surface area (TPSA) is 46.2 Å². The molecule has 3 nitrogen and oxygen atoms in total. The van der Waals surface area contributed by atoms with E-state index < -0.39 is 0 Å². The van der Waals surface area contributed by atoms with Crippen LogP contribution >= 0.6 is 22.6 Å². The minimum Gasteiger partial charge on any atom is -0.352 e. The third kappa shape index (κ3) is 3.67. The lowest BCUT2D eigenvalue weighted by Crippen LogP contribution is -2.29. The van der Waals surface area contributed by atoms with Crippen LogP contribution in [0.15, 0.2) is 29.8 Å². The van der Waals surface area contributed by atoms with Crippen LogP contribution in [0.1, 0.15) is 56.0 Å². The summed E-state index contributed by atoms with van der Waals surface area (Å²) in [5.74, 6) is 0.0529. The molecule has 0 radical (unpaired) electrons. The number of halogens is 1. The first kappa shape index (κ1) is 18.2. The van der Waals surface area contributed by atoms with Crippen LogP contribution in [-0.2, 0) is 4.79 Å². The summed E-state index contributed by atoms with van der Waals surface area (Å²) in [7, 11) is 0. The van der Waals surface area contributed by atoms with Gasteiger partial charge in [0, 0.05) is 16.0 Å². The van der Waals surface area contributed by atoms with Crippen molar-refractivity contribution in [3.8, 4) is 0 Å². The van der Waals surface area contributed by atoms with Gasteiger partial charge in [-0.15, -0.1) is 0 Å². The van der Waals surface area contributed by atoms with E-state index in [-0.39, 0.29) is 15.6 Å². The van der Waals surface area contributed by atoms with Crippen LogP contribution in [0.3, 0.4) is 0 Å². The van der Waals surface area contributed by atoms with Crippen molar-refractivity contribution >= 4 is 39.9 Å². The zero-order valence-electron chi connectivity index (χ0n) is 14.0. The molecule has 4 heteroatoms. The molecule has 0 aromatic heterocycles. The minimum atomic E-state index is -0.223. The maximum absolute atomic E-state index is 12.8. The van der Waals surface area contributed by atoms with E-state index in [9.17, 15) is 9.59 Å². The lowest BCUT2D eigenvalue weighted by Gasteiger charge is -2.20. The fraction of sp³-hybridized carbons (Fsp3) is 0.474. The molecular weight excluding hydrogens is 401 g/mol. The number of hydrogen-bond donors (Lipinski definition) is 1. The Kier molecular flexibility index (Phi) is 6.39. The maximum Gasteiger partial charge on any atom is 0.255 e. The van der Waals surface area contributed by atoms with Gasteiger partial charge < -0.3 is 5.32 Å². The van der Waals surface area contributed by atoms with Crippen LogP contribution in [0.2, 0.25) is 0 Å². The van der Waals surface area contributed by atoms with Gasteiger partial charge in [-0.1, -0.05) is 80.5 Å². The molecule has 2 unspecified atom stereocenters. The first-order valence-corrected chi connectivity index (χ1v) is 9.57. The average molecular weight is 425 g/mol. The number of rotatable bonds is 7. The van der Waals surface area contributed by atoms with Gasteiger partial charge in [0.05, 0.1) is 5.57 Å². The molecule has 1 aliphatic rings. The average Bonchev–Trinajstić information content (AvgIpc) is 2.87. The van der Waals surface area contributed by atoms with E-state index in [2.05, 4.69) is 48.7 Å². The molecule has 0 saturated carbocycles. The normalized spacial score (nSPS) is 16.3. The van der Waals surface area contributed by atoms with Gasteiger partial charge in [-0.25, -0.2) is 0 Å². The summed E-state index contributed by atoms with van der Waals surface area (Å²) in [6.45, 7) is 7.00. The first-order chi connectivity index (χ1) is 11.0. The van der Waals surface area contributed by atoms with Gasteiger partial charge in [0.2, 0.25) is 0 Å². The van der Waals surface area contributed by atoms with Gasteiger partial charge in [0.25, 0.3) is 5.91 Å². The van der Waals surface area contributed by atoms with Crippen molar-refractivity contribution in [3.05, 3.63) is 41.0 Å². The maximum atomic E-state index is 12.8. The SMILES string of the molecule is CCCCNC(=O)C1=C(C(I)C(C)CC)c2ccccc2C1=O. The van der Waals surface area contributed by atoms with E-state index in [4.69, 9.17) is 0 Å². The van der Waals surface area contributed by atoms with E-state index >= 15 is 0 Å². The highest BCUT2D eigenvalue weighted by Crippen LogP contribution is 2.41. The minimum absolute atomic E-state index is 0.130. The van der Waals surface area contributed by atoms with Crippen LogP contribution < -0.4 is 5.32 Å². The molecule has 23 heavy (non-hydrogen) atoms. The number of carbonyl (C=O) groups excluding carboxylic acids is 2. The molecule has 1 aliphatic carbocycles. The number of unbranched alkanes of at least 4 members (excludes halogenated alkanes) is 1. The van der Waals surface area contributed by atoms with E-state index in [0.29, 0.717) is 23.6 Å². The number of nitrogens with one attached hydrogen (secondary N) is 1. The standard InChI is InChI=1S/C19H24INO2/c1-4-6-11-21-19(23)16-15(17(20)12(3)5-2)13-9-7-8-10-14(13)18(16)22/h7-10,12,17H,4-6,11H2,1-3H3,(H,21,23). The van der Waals surface area contributed by atoms with Gasteiger partial charge in [-0.2, -0.15) is 0 Å². The Morgan fingerprint density at radius 2 is 1.87 bits per heavy atom. The number of hydrogen-bond acceptors (Lipinski definition) is 2.